The van der Waals surface area contributed by atoms with E-state index < -0.39 is 0 Å². The van der Waals surface area contributed by atoms with Crippen LogP contribution in [-0.4, -0.2) is 0 Å². The van der Waals surface area contributed by atoms with E-state index in [9.17, 15) is 0 Å². The molecule has 0 aliphatic carbocycles. The fourth-order valence-corrected chi connectivity index (χ4v) is 2.78. The van der Waals surface area contributed by atoms with Crippen molar-refractivity contribution in [1.29, 1.82) is 0 Å². The first-order valence-electron chi connectivity index (χ1n) is 6.79. The molecule has 1 N–H and O–H groups in total. The van der Waals surface area contributed by atoms with Crippen LogP contribution in [0.1, 0.15) is 24.3 Å². The summed E-state index contributed by atoms with van der Waals surface area (Å²) >= 11 is 9.45. The Morgan fingerprint density at radius 3 is 2.76 bits per heavy atom. The van der Waals surface area contributed by atoms with Crippen LogP contribution in [0.4, 0.5) is 0 Å². The molecule has 21 heavy (non-hydrogen) atoms. The zero-order valence-electron chi connectivity index (χ0n) is 11.6. The summed E-state index contributed by atoms with van der Waals surface area (Å²) in [6.07, 6.45) is 0. The summed E-state index contributed by atoms with van der Waals surface area (Å²) in [5.41, 5.74) is 2.10. The summed E-state index contributed by atoms with van der Waals surface area (Å²) < 4.78 is 6.78. The van der Waals surface area contributed by atoms with Gasteiger partial charge < -0.3 is 9.73 Å². The Morgan fingerprint density at radius 2 is 2.00 bits per heavy atom. The SMILES string of the molecule is CC(NCc1ccc(Cl)c(Br)c1)c1cc2ccccc2o1. The molecule has 1 atom stereocenters. The van der Waals surface area contributed by atoms with Crippen LogP contribution in [0.5, 0.6) is 0 Å². The van der Waals surface area contributed by atoms with Crippen LogP contribution in [0.3, 0.4) is 0 Å². The van der Waals surface area contributed by atoms with E-state index in [1.54, 1.807) is 0 Å². The fraction of sp³-hybridized carbons (Fsp3) is 0.176. The summed E-state index contributed by atoms with van der Waals surface area (Å²) in [5.74, 6) is 0.948. The van der Waals surface area contributed by atoms with Gasteiger partial charge in [0.15, 0.2) is 0 Å². The molecular formula is C17H15BrClNO. The third-order valence-corrected chi connectivity index (χ3v) is 4.68. The van der Waals surface area contributed by atoms with E-state index in [-0.39, 0.29) is 6.04 Å². The smallest absolute Gasteiger partial charge is 0.134 e. The van der Waals surface area contributed by atoms with Crippen LogP contribution >= 0.6 is 27.5 Å². The predicted octanol–water partition coefficient (Wildman–Crippen LogP) is 5.70. The zero-order valence-corrected chi connectivity index (χ0v) is 13.9. The molecule has 2 nitrogen and oxygen atoms in total. The van der Waals surface area contributed by atoms with Crippen molar-refractivity contribution in [3.05, 3.63) is 69.3 Å². The van der Waals surface area contributed by atoms with Gasteiger partial charge in [0.2, 0.25) is 0 Å². The predicted molar refractivity (Wildman–Crippen MR) is 90.6 cm³/mol. The number of halogens is 2. The molecule has 108 valence electrons. The number of fused-ring (bicyclic) bond motifs is 1. The van der Waals surface area contributed by atoms with Crippen molar-refractivity contribution in [3.8, 4) is 0 Å². The van der Waals surface area contributed by atoms with Crippen molar-refractivity contribution < 1.29 is 4.42 Å². The molecule has 0 fully saturated rings. The number of rotatable bonds is 4. The maximum absolute atomic E-state index is 6.00. The van der Waals surface area contributed by atoms with Crippen molar-refractivity contribution in [1.82, 2.24) is 5.32 Å². The summed E-state index contributed by atoms with van der Waals surface area (Å²) in [5, 5.41) is 5.33. The van der Waals surface area contributed by atoms with E-state index in [0.29, 0.717) is 0 Å². The van der Waals surface area contributed by atoms with E-state index in [2.05, 4.69) is 40.3 Å². The highest BCUT2D eigenvalue weighted by Crippen LogP contribution is 2.25. The second kappa shape index (κ2) is 6.22. The second-order valence-electron chi connectivity index (χ2n) is 5.04. The van der Waals surface area contributed by atoms with Crippen molar-refractivity contribution in [2.75, 3.05) is 0 Å². The van der Waals surface area contributed by atoms with Crippen LogP contribution in [-0.2, 0) is 6.54 Å². The average molecular weight is 365 g/mol. The molecule has 2 aromatic carbocycles. The fourth-order valence-electron chi connectivity index (χ4n) is 2.24. The third kappa shape index (κ3) is 3.31. The Hall–Kier alpha value is -1.29. The topological polar surface area (TPSA) is 25.2 Å². The molecule has 0 spiro atoms. The molecule has 0 aliphatic rings. The molecule has 3 rings (SSSR count). The van der Waals surface area contributed by atoms with Gasteiger partial charge in [-0.15, -0.1) is 0 Å². The second-order valence-corrected chi connectivity index (χ2v) is 6.30. The molecule has 1 heterocycles. The Kier molecular flexibility index (Phi) is 4.34. The Labute approximate surface area is 137 Å². The molecule has 0 saturated carbocycles. The summed E-state index contributed by atoms with van der Waals surface area (Å²) in [6, 6.07) is 16.2. The van der Waals surface area contributed by atoms with E-state index in [0.717, 1.165) is 32.8 Å². The first-order chi connectivity index (χ1) is 10.1. The van der Waals surface area contributed by atoms with Crippen LogP contribution in [0, 0.1) is 0 Å². The van der Waals surface area contributed by atoms with Crippen LogP contribution in [0.15, 0.2) is 57.4 Å². The Balaban J connectivity index is 1.70. The highest BCUT2D eigenvalue weighted by atomic mass is 79.9. The van der Waals surface area contributed by atoms with Gasteiger partial charge in [0, 0.05) is 16.4 Å². The van der Waals surface area contributed by atoms with Crippen LogP contribution in [0.2, 0.25) is 5.02 Å². The quantitative estimate of drug-likeness (QED) is 0.642. The number of furan rings is 1. The van der Waals surface area contributed by atoms with Gasteiger partial charge >= 0.3 is 0 Å². The minimum atomic E-state index is 0.145. The van der Waals surface area contributed by atoms with Gasteiger partial charge in [-0.25, -0.2) is 0 Å². The van der Waals surface area contributed by atoms with Gasteiger partial charge in [-0.3, -0.25) is 0 Å². The van der Waals surface area contributed by atoms with E-state index in [1.165, 1.54) is 5.56 Å². The van der Waals surface area contributed by atoms with E-state index in [4.69, 9.17) is 16.0 Å². The van der Waals surface area contributed by atoms with Gasteiger partial charge in [0.05, 0.1) is 11.1 Å². The number of hydrogen-bond acceptors (Lipinski definition) is 2. The van der Waals surface area contributed by atoms with Gasteiger partial charge in [0.1, 0.15) is 11.3 Å². The summed E-state index contributed by atoms with van der Waals surface area (Å²) in [6.45, 7) is 2.86. The first kappa shape index (κ1) is 14.6. The summed E-state index contributed by atoms with van der Waals surface area (Å²) in [7, 11) is 0. The highest BCUT2D eigenvalue weighted by molar-refractivity contribution is 9.10. The van der Waals surface area contributed by atoms with Crippen molar-refractivity contribution >= 4 is 38.5 Å². The van der Waals surface area contributed by atoms with E-state index in [1.807, 2.05) is 36.4 Å². The minimum Gasteiger partial charge on any atom is -0.459 e. The van der Waals surface area contributed by atoms with Crippen LogP contribution in [0.25, 0.3) is 11.0 Å². The molecule has 0 amide bonds. The standard InChI is InChI=1S/C17H15BrClNO/c1-11(17-9-13-4-2-3-5-16(13)21-17)20-10-12-6-7-15(19)14(18)8-12/h2-9,11,20H,10H2,1H3. The lowest BCUT2D eigenvalue weighted by Crippen LogP contribution is -2.17. The van der Waals surface area contributed by atoms with Crippen molar-refractivity contribution in [2.24, 2.45) is 0 Å². The first-order valence-corrected chi connectivity index (χ1v) is 7.96. The lowest BCUT2D eigenvalue weighted by atomic mass is 10.2. The molecule has 0 radical (unpaired) electrons. The third-order valence-electron chi connectivity index (χ3n) is 3.47. The van der Waals surface area contributed by atoms with Crippen molar-refractivity contribution in [2.45, 2.75) is 19.5 Å². The lowest BCUT2D eigenvalue weighted by molar-refractivity contribution is 0.451. The molecule has 3 aromatic rings. The molecular weight excluding hydrogens is 350 g/mol. The maximum atomic E-state index is 6.00. The molecule has 0 bridgehead atoms. The van der Waals surface area contributed by atoms with Gasteiger partial charge in [-0.05, 0) is 52.7 Å². The largest absolute Gasteiger partial charge is 0.459 e. The Bertz CT molecular complexity index is 735. The highest BCUT2D eigenvalue weighted by Gasteiger charge is 2.11. The maximum Gasteiger partial charge on any atom is 0.134 e. The summed E-state index contributed by atoms with van der Waals surface area (Å²) in [4.78, 5) is 0. The van der Waals surface area contributed by atoms with Gasteiger partial charge in [0.25, 0.3) is 0 Å². The number of nitrogens with one attached hydrogen (secondary N) is 1. The van der Waals surface area contributed by atoms with E-state index >= 15 is 0 Å². The van der Waals surface area contributed by atoms with Gasteiger partial charge in [-0.2, -0.15) is 0 Å². The number of hydrogen-bond donors (Lipinski definition) is 1. The van der Waals surface area contributed by atoms with Gasteiger partial charge in [-0.1, -0.05) is 35.9 Å². The normalized spacial score (nSPS) is 12.7. The molecule has 1 aromatic heterocycles. The van der Waals surface area contributed by atoms with Crippen LogP contribution < -0.4 is 5.32 Å². The van der Waals surface area contributed by atoms with Crippen molar-refractivity contribution in [3.63, 3.8) is 0 Å². The molecule has 0 saturated heterocycles. The molecule has 1 unspecified atom stereocenters. The lowest BCUT2D eigenvalue weighted by Gasteiger charge is -2.11. The number of benzene rings is 2. The minimum absolute atomic E-state index is 0.145. The molecule has 0 aliphatic heterocycles. The molecule has 4 heteroatoms. The Morgan fingerprint density at radius 1 is 1.19 bits per heavy atom. The average Bonchev–Trinajstić information content (AvgIpc) is 2.92. The number of para-hydroxylation sites is 1. The zero-order chi connectivity index (χ0) is 14.8. The monoisotopic (exact) mass is 363 g/mol.